The van der Waals surface area contributed by atoms with Crippen LogP contribution in [0, 0.1) is 12.3 Å². The van der Waals surface area contributed by atoms with E-state index in [0.717, 1.165) is 25.7 Å². The molecule has 13 heavy (non-hydrogen) atoms. The normalized spacial score (nSPS) is 12.3. The largest absolute Gasteiger partial charge is 0.327 e. The molecule has 1 heterocycles. The van der Waals surface area contributed by atoms with Gasteiger partial charge in [-0.05, 0) is 30.7 Å². The van der Waals surface area contributed by atoms with Crippen LogP contribution in [0.2, 0.25) is 0 Å². The van der Waals surface area contributed by atoms with Gasteiger partial charge in [0.2, 0.25) is 0 Å². The second kappa shape index (κ2) is 5.80. The van der Waals surface area contributed by atoms with Gasteiger partial charge in [-0.3, -0.25) is 0 Å². The molecule has 0 saturated heterocycles. The zero-order valence-corrected chi connectivity index (χ0v) is 8.52. The van der Waals surface area contributed by atoms with E-state index < -0.39 is 0 Å². The number of nitrogens with two attached hydrogens (primary N) is 1. The Bertz CT molecular complexity index is 258. The minimum absolute atomic E-state index is 0.270. The van der Waals surface area contributed by atoms with Crippen molar-refractivity contribution in [2.24, 2.45) is 5.73 Å². The Morgan fingerprint density at radius 3 is 3.08 bits per heavy atom. The standard InChI is InChI=1S/C11H15NS/c1-2-3-4-6-10(12)9-11-7-5-8-13-11/h1,5,7-8,10H,3-4,6,9,12H2. The van der Waals surface area contributed by atoms with E-state index in [1.54, 1.807) is 11.3 Å². The maximum Gasteiger partial charge on any atom is 0.00875 e. The summed E-state index contributed by atoms with van der Waals surface area (Å²) in [5.41, 5.74) is 5.94. The van der Waals surface area contributed by atoms with E-state index in [0.29, 0.717) is 0 Å². The van der Waals surface area contributed by atoms with Gasteiger partial charge in [-0.2, -0.15) is 0 Å². The van der Waals surface area contributed by atoms with Crippen molar-refractivity contribution >= 4 is 11.3 Å². The van der Waals surface area contributed by atoms with Crippen LogP contribution in [0.3, 0.4) is 0 Å². The topological polar surface area (TPSA) is 26.0 Å². The summed E-state index contributed by atoms with van der Waals surface area (Å²) in [6.45, 7) is 0. The molecular formula is C11H15NS. The average Bonchev–Trinajstić information content (AvgIpc) is 2.57. The lowest BCUT2D eigenvalue weighted by Crippen LogP contribution is -2.21. The fraction of sp³-hybridized carbons (Fsp3) is 0.455. The van der Waals surface area contributed by atoms with Crippen LogP contribution < -0.4 is 5.73 Å². The van der Waals surface area contributed by atoms with E-state index in [2.05, 4.69) is 23.4 Å². The second-order valence-electron chi connectivity index (χ2n) is 3.14. The van der Waals surface area contributed by atoms with Crippen molar-refractivity contribution in [1.29, 1.82) is 0 Å². The van der Waals surface area contributed by atoms with Gasteiger partial charge in [0.1, 0.15) is 0 Å². The highest BCUT2D eigenvalue weighted by Gasteiger charge is 2.03. The van der Waals surface area contributed by atoms with Crippen LogP contribution in [0.15, 0.2) is 17.5 Å². The third-order valence-electron chi connectivity index (χ3n) is 1.94. The Hall–Kier alpha value is -0.780. The van der Waals surface area contributed by atoms with Crippen LogP contribution in [0.4, 0.5) is 0 Å². The molecule has 1 aromatic rings. The number of thiophene rings is 1. The summed E-state index contributed by atoms with van der Waals surface area (Å²) in [4.78, 5) is 1.37. The first-order valence-corrected chi connectivity index (χ1v) is 5.42. The summed E-state index contributed by atoms with van der Waals surface area (Å²) in [6.07, 6.45) is 9.07. The lowest BCUT2D eigenvalue weighted by molar-refractivity contribution is 0.591. The Kier molecular flexibility index (Phi) is 4.59. The van der Waals surface area contributed by atoms with Crippen molar-refractivity contribution < 1.29 is 0 Å². The molecule has 0 fully saturated rings. The van der Waals surface area contributed by atoms with E-state index in [1.807, 2.05) is 0 Å². The predicted molar refractivity (Wildman–Crippen MR) is 58.7 cm³/mol. The molecule has 0 spiro atoms. The van der Waals surface area contributed by atoms with E-state index in [-0.39, 0.29) is 6.04 Å². The van der Waals surface area contributed by atoms with Gasteiger partial charge in [-0.1, -0.05) is 6.07 Å². The van der Waals surface area contributed by atoms with Crippen molar-refractivity contribution in [1.82, 2.24) is 0 Å². The molecule has 0 aliphatic rings. The molecule has 0 amide bonds. The predicted octanol–water partition coefficient (Wildman–Crippen LogP) is 2.42. The fourth-order valence-corrected chi connectivity index (χ4v) is 2.05. The maximum absolute atomic E-state index is 5.94. The zero-order chi connectivity index (χ0) is 9.52. The number of rotatable bonds is 5. The van der Waals surface area contributed by atoms with Crippen molar-refractivity contribution in [3.8, 4) is 12.3 Å². The Morgan fingerprint density at radius 1 is 1.62 bits per heavy atom. The van der Waals surface area contributed by atoms with Gasteiger partial charge in [0.05, 0.1) is 0 Å². The zero-order valence-electron chi connectivity index (χ0n) is 7.70. The van der Waals surface area contributed by atoms with Gasteiger partial charge in [-0.15, -0.1) is 23.7 Å². The third-order valence-corrected chi connectivity index (χ3v) is 2.84. The summed E-state index contributed by atoms with van der Waals surface area (Å²) in [7, 11) is 0. The lowest BCUT2D eigenvalue weighted by Gasteiger charge is -2.08. The minimum Gasteiger partial charge on any atom is -0.327 e. The van der Waals surface area contributed by atoms with Gasteiger partial charge in [0.25, 0.3) is 0 Å². The highest BCUT2D eigenvalue weighted by atomic mass is 32.1. The first kappa shape index (κ1) is 10.3. The van der Waals surface area contributed by atoms with Crippen LogP contribution in [-0.4, -0.2) is 6.04 Å². The SMILES string of the molecule is C#CCCCC(N)Cc1cccs1. The molecule has 0 saturated carbocycles. The van der Waals surface area contributed by atoms with Gasteiger partial charge in [0, 0.05) is 17.3 Å². The van der Waals surface area contributed by atoms with Crippen LogP contribution in [0.25, 0.3) is 0 Å². The molecular weight excluding hydrogens is 178 g/mol. The first-order valence-electron chi connectivity index (χ1n) is 4.54. The van der Waals surface area contributed by atoms with Gasteiger partial charge < -0.3 is 5.73 Å². The highest BCUT2D eigenvalue weighted by Crippen LogP contribution is 2.12. The molecule has 0 aliphatic heterocycles. The second-order valence-corrected chi connectivity index (χ2v) is 4.17. The van der Waals surface area contributed by atoms with Crippen molar-refractivity contribution in [3.05, 3.63) is 22.4 Å². The number of unbranched alkanes of at least 4 members (excludes halogenated alkanes) is 1. The summed E-state index contributed by atoms with van der Waals surface area (Å²) in [6, 6.07) is 4.46. The summed E-state index contributed by atoms with van der Waals surface area (Å²) in [5, 5.41) is 2.09. The molecule has 2 heteroatoms. The summed E-state index contributed by atoms with van der Waals surface area (Å²) >= 11 is 1.77. The summed E-state index contributed by atoms with van der Waals surface area (Å²) < 4.78 is 0. The molecule has 1 unspecified atom stereocenters. The molecule has 0 aliphatic carbocycles. The van der Waals surface area contributed by atoms with Crippen molar-refractivity contribution in [2.75, 3.05) is 0 Å². The number of terminal acetylenes is 1. The molecule has 2 N–H and O–H groups in total. The maximum atomic E-state index is 5.94. The van der Waals surface area contributed by atoms with E-state index in [9.17, 15) is 0 Å². The van der Waals surface area contributed by atoms with Gasteiger partial charge in [-0.25, -0.2) is 0 Å². The molecule has 0 radical (unpaired) electrons. The summed E-state index contributed by atoms with van der Waals surface area (Å²) in [5.74, 6) is 2.63. The smallest absolute Gasteiger partial charge is 0.00875 e. The fourth-order valence-electron chi connectivity index (χ4n) is 1.26. The van der Waals surface area contributed by atoms with E-state index >= 15 is 0 Å². The Morgan fingerprint density at radius 2 is 2.46 bits per heavy atom. The first-order chi connectivity index (χ1) is 6.33. The molecule has 1 rings (SSSR count). The highest BCUT2D eigenvalue weighted by molar-refractivity contribution is 7.09. The van der Waals surface area contributed by atoms with E-state index in [1.165, 1.54) is 4.88 Å². The minimum atomic E-state index is 0.270. The molecule has 1 aromatic heterocycles. The van der Waals surface area contributed by atoms with Crippen LogP contribution in [-0.2, 0) is 6.42 Å². The third kappa shape index (κ3) is 4.12. The molecule has 70 valence electrons. The molecule has 1 atom stereocenters. The van der Waals surface area contributed by atoms with Crippen LogP contribution in [0.1, 0.15) is 24.1 Å². The molecule has 0 aromatic carbocycles. The Balaban J connectivity index is 2.19. The van der Waals surface area contributed by atoms with Crippen LogP contribution in [0.5, 0.6) is 0 Å². The van der Waals surface area contributed by atoms with Gasteiger partial charge >= 0.3 is 0 Å². The monoisotopic (exact) mass is 193 g/mol. The average molecular weight is 193 g/mol. The number of hydrogen-bond acceptors (Lipinski definition) is 2. The van der Waals surface area contributed by atoms with Gasteiger partial charge in [0.15, 0.2) is 0 Å². The number of hydrogen-bond donors (Lipinski definition) is 1. The van der Waals surface area contributed by atoms with Crippen molar-refractivity contribution in [3.63, 3.8) is 0 Å². The quantitative estimate of drug-likeness (QED) is 0.564. The molecule has 0 bridgehead atoms. The molecule has 1 nitrogen and oxygen atoms in total. The van der Waals surface area contributed by atoms with E-state index in [4.69, 9.17) is 12.2 Å². The van der Waals surface area contributed by atoms with Crippen LogP contribution >= 0.6 is 11.3 Å². The van der Waals surface area contributed by atoms with Crippen molar-refractivity contribution in [2.45, 2.75) is 31.7 Å². The Labute approximate surface area is 84.0 Å². The lowest BCUT2D eigenvalue weighted by atomic mass is 10.1.